The molecule has 0 aliphatic rings. The summed E-state index contributed by atoms with van der Waals surface area (Å²) in [5.74, 6) is -1.95. The molecule has 0 aliphatic heterocycles. The zero-order valence-electron chi connectivity index (χ0n) is 5.77. The van der Waals surface area contributed by atoms with Gasteiger partial charge in [0.15, 0.2) is 5.41 Å². The van der Waals surface area contributed by atoms with Crippen LogP contribution >= 0.6 is 0 Å². The molecule has 0 aliphatic carbocycles. The predicted molar refractivity (Wildman–Crippen MR) is 30.9 cm³/mol. The molecule has 0 rings (SSSR count). The second-order valence-corrected chi connectivity index (χ2v) is 2.34. The van der Waals surface area contributed by atoms with Crippen molar-refractivity contribution in [2.45, 2.75) is 13.1 Å². The summed E-state index contributed by atoms with van der Waals surface area (Å²) in [4.78, 5) is 10.1. The van der Waals surface area contributed by atoms with E-state index in [1.54, 1.807) is 0 Å². The SMILES string of the molecule is CC(CN)(C(=O)O)C(F)(F)F. The Labute approximate surface area is 61.0 Å². The van der Waals surface area contributed by atoms with E-state index >= 15 is 0 Å². The van der Waals surface area contributed by atoms with Gasteiger partial charge in [0.05, 0.1) is 0 Å². The number of carboxylic acid groups (broad SMARTS) is 1. The van der Waals surface area contributed by atoms with E-state index in [9.17, 15) is 18.0 Å². The van der Waals surface area contributed by atoms with Gasteiger partial charge in [0, 0.05) is 6.54 Å². The molecule has 0 aromatic rings. The number of alkyl halides is 3. The molecule has 0 saturated heterocycles. The van der Waals surface area contributed by atoms with E-state index in [2.05, 4.69) is 0 Å². The summed E-state index contributed by atoms with van der Waals surface area (Å²) >= 11 is 0. The zero-order valence-corrected chi connectivity index (χ0v) is 5.77. The van der Waals surface area contributed by atoms with E-state index in [0.717, 1.165) is 0 Å². The Balaban J connectivity index is 4.75. The molecule has 0 bridgehead atoms. The van der Waals surface area contributed by atoms with Crippen LogP contribution in [-0.4, -0.2) is 23.8 Å². The summed E-state index contributed by atoms with van der Waals surface area (Å²) in [5.41, 5.74) is 1.87. The number of carboxylic acids is 1. The third-order valence-corrected chi connectivity index (χ3v) is 1.51. The number of hydrogen-bond acceptors (Lipinski definition) is 2. The first-order chi connectivity index (χ1) is 4.75. The van der Waals surface area contributed by atoms with Crippen LogP contribution in [0.25, 0.3) is 0 Å². The van der Waals surface area contributed by atoms with Crippen LogP contribution in [0.2, 0.25) is 0 Å². The molecule has 0 saturated carbocycles. The van der Waals surface area contributed by atoms with Crippen LogP contribution in [0.15, 0.2) is 0 Å². The summed E-state index contributed by atoms with van der Waals surface area (Å²) in [6, 6.07) is 0. The highest BCUT2D eigenvalue weighted by molar-refractivity contribution is 5.75. The molecule has 0 aromatic heterocycles. The fraction of sp³-hybridized carbons (Fsp3) is 0.800. The smallest absolute Gasteiger partial charge is 0.405 e. The molecule has 0 amide bonds. The Morgan fingerprint density at radius 2 is 1.91 bits per heavy atom. The highest BCUT2D eigenvalue weighted by Crippen LogP contribution is 2.36. The fourth-order valence-electron chi connectivity index (χ4n) is 0.324. The molecule has 0 fully saturated rings. The monoisotopic (exact) mass is 171 g/mol. The summed E-state index contributed by atoms with van der Waals surface area (Å²) in [6.45, 7) is -0.402. The molecule has 1 unspecified atom stereocenters. The van der Waals surface area contributed by atoms with Crippen LogP contribution in [0.3, 0.4) is 0 Å². The molecule has 0 radical (unpaired) electrons. The minimum atomic E-state index is -4.80. The van der Waals surface area contributed by atoms with Crippen LogP contribution in [-0.2, 0) is 4.79 Å². The molecule has 3 N–H and O–H groups in total. The van der Waals surface area contributed by atoms with E-state index < -0.39 is 24.1 Å². The normalized spacial score (nSPS) is 17.5. The molecular formula is C5H8F3NO2. The van der Waals surface area contributed by atoms with E-state index in [4.69, 9.17) is 10.8 Å². The first-order valence-corrected chi connectivity index (χ1v) is 2.76. The van der Waals surface area contributed by atoms with Gasteiger partial charge in [-0.3, -0.25) is 4.79 Å². The number of halogens is 3. The lowest BCUT2D eigenvalue weighted by atomic mass is 9.90. The van der Waals surface area contributed by atoms with Gasteiger partial charge in [-0.25, -0.2) is 0 Å². The van der Waals surface area contributed by atoms with E-state index in [1.165, 1.54) is 0 Å². The molecule has 6 heteroatoms. The van der Waals surface area contributed by atoms with Gasteiger partial charge in [0.2, 0.25) is 0 Å². The van der Waals surface area contributed by atoms with Crippen molar-refractivity contribution in [3.63, 3.8) is 0 Å². The summed E-state index contributed by atoms with van der Waals surface area (Å²) in [6.07, 6.45) is -4.80. The Morgan fingerprint density at radius 3 is 1.91 bits per heavy atom. The third-order valence-electron chi connectivity index (χ3n) is 1.51. The van der Waals surface area contributed by atoms with Crippen molar-refractivity contribution >= 4 is 5.97 Å². The number of carbonyl (C=O) groups is 1. The van der Waals surface area contributed by atoms with Gasteiger partial charge in [0.25, 0.3) is 0 Å². The molecule has 11 heavy (non-hydrogen) atoms. The van der Waals surface area contributed by atoms with Crippen molar-refractivity contribution in [1.29, 1.82) is 0 Å². The number of rotatable bonds is 2. The molecular weight excluding hydrogens is 163 g/mol. The topological polar surface area (TPSA) is 63.3 Å². The molecule has 0 heterocycles. The highest BCUT2D eigenvalue weighted by atomic mass is 19.4. The largest absolute Gasteiger partial charge is 0.481 e. The second kappa shape index (κ2) is 2.69. The summed E-state index contributed by atoms with van der Waals surface area (Å²) < 4.78 is 35.7. The van der Waals surface area contributed by atoms with Crippen LogP contribution in [0.5, 0.6) is 0 Å². The van der Waals surface area contributed by atoms with Gasteiger partial charge in [0.1, 0.15) is 0 Å². The van der Waals surface area contributed by atoms with Gasteiger partial charge in [-0.05, 0) is 6.92 Å². The third kappa shape index (κ3) is 1.62. The van der Waals surface area contributed by atoms with Crippen molar-refractivity contribution in [1.82, 2.24) is 0 Å². The molecule has 3 nitrogen and oxygen atoms in total. The van der Waals surface area contributed by atoms with Crippen molar-refractivity contribution in [3.8, 4) is 0 Å². The Bertz CT molecular complexity index is 168. The van der Waals surface area contributed by atoms with Gasteiger partial charge in [-0.1, -0.05) is 0 Å². The first-order valence-electron chi connectivity index (χ1n) is 2.76. The quantitative estimate of drug-likeness (QED) is 0.639. The lowest BCUT2D eigenvalue weighted by molar-refractivity contribution is -0.223. The fourth-order valence-corrected chi connectivity index (χ4v) is 0.324. The van der Waals surface area contributed by atoms with Crippen molar-refractivity contribution in [3.05, 3.63) is 0 Å². The average molecular weight is 171 g/mol. The van der Waals surface area contributed by atoms with Gasteiger partial charge in [-0.2, -0.15) is 13.2 Å². The first kappa shape index (κ1) is 10.2. The number of nitrogens with two attached hydrogens (primary N) is 1. The van der Waals surface area contributed by atoms with Crippen LogP contribution in [0, 0.1) is 5.41 Å². The zero-order chi connectivity index (χ0) is 9.28. The van der Waals surface area contributed by atoms with Crippen molar-refractivity contribution in [2.24, 2.45) is 11.1 Å². The lowest BCUT2D eigenvalue weighted by Gasteiger charge is -2.25. The predicted octanol–water partition coefficient (Wildman–Crippen LogP) is 0.598. The Kier molecular flexibility index (Phi) is 2.50. The summed E-state index contributed by atoms with van der Waals surface area (Å²) in [5, 5.41) is 8.17. The minimum absolute atomic E-state index is 0.551. The van der Waals surface area contributed by atoms with Crippen LogP contribution < -0.4 is 5.73 Å². The maximum absolute atomic E-state index is 11.9. The van der Waals surface area contributed by atoms with Crippen LogP contribution in [0.4, 0.5) is 13.2 Å². The maximum Gasteiger partial charge on any atom is 0.405 e. The van der Waals surface area contributed by atoms with E-state index in [0.29, 0.717) is 6.92 Å². The maximum atomic E-state index is 11.9. The number of hydrogen-bond donors (Lipinski definition) is 2. The van der Waals surface area contributed by atoms with Crippen molar-refractivity contribution < 1.29 is 23.1 Å². The van der Waals surface area contributed by atoms with E-state index in [1.807, 2.05) is 0 Å². The van der Waals surface area contributed by atoms with Crippen LogP contribution in [0.1, 0.15) is 6.92 Å². The molecule has 1 atom stereocenters. The highest BCUT2D eigenvalue weighted by Gasteiger charge is 2.56. The molecule has 0 aromatic carbocycles. The van der Waals surface area contributed by atoms with Gasteiger partial charge in [-0.15, -0.1) is 0 Å². The van der Waals surface area contributed by atoms with Gasteiger partial charge < -0.3 is 10.8 Å². The summed E-state index contributed by atoms with van der Waals surface area (Å²) in [7, 11) is 0. The second-order valence-electron chi connectivity index (χ2n) is 2.34. The lowest BCUT2D eigenvalue weighted by Crippen LogP contribution is -2.48. The standard InChI is InChI=1S/C5H8F3NO2/c1-4(2-9,3(10)11)5(6,7)8/h2,9H2,1H3,(H,10,11). The van der Waals surface area contributed by atoms with E-state index in [-0.39, 0.29) is 0 Å². The minimum Gasteiger partial charge on any atom is -0.481 e. The molecule has 66 valence electrons. The Morgan fingerprint density at radius 1 is 1.55 bits per heavy atom. The average Bonchev–Trinajstić information content (AvgIpc) is 1.83. The van der Waals surface area contributed by atoms with Gasteiger partial charge >= 0.3 is 12.1 Å². The molecule has 0 spiro atoms. The number of aliphatic carboxylic acids is 1. The van der Waals surface area contributed by atoms with Crippen molar-refractivity contribution in [2.75, 3.05) is 6.54 Å². The Hall–Kier alpha value is -0.780.